The van der Waals surface area contributed by atoms with Gasteiger partial charge in [-0.3, -0.25) is 9.69 Å². The van der Waals surface area contributed by atoms with Crippen molar-refractivity contribution >= 4 is 78.8 Å². The van der Waals surface area contributed by atoms with E-state index >= 15 is 0 Å². The number of carbonyl (C=O) groups excluding carboxylic acids is 1. The Morgan fingerprint density at radius 3 is 2.44 bits per heavy atom. The summed E-state index contributed by atoms with van der Waals surface area (Å²) in [6.45, 7) is 3.02. The Morgan fingerprint density at radius 1 is 1.06 bits per heavy atom. The number of benzene rings is 3. The van der Waals surface area contributed by atoms with E-state index in [-0.39, 0.29) is 5.91 Å². The van der Waals surface area contributed by atoms with Crippen LogP contribution in [0.25, 0.3) is 6.08 Å². The lowest BCUT2D eigenvalue weighted by Gasteiger charge is -2.14. The van der Waals surface area contributed by atoms with Gasteiger partial charge in [-0.2, -0.15) is 0 Å². The third kappa shape index (κ3) is 5.81. The molecule has 3 aromatic carbocycles. The van der Waals surface area contributed by atoms with Gasteiger partial charge in [-0.1, -0.05) is 72.0 Å². The summed E-state index contributed by atoms with van der Waals surface area (Å²) in [6.07, 6.45) is 1.88. The van der Waals surface area contributed by atoms with Crippen molar-refractivity contribution in [3.63, 3.8) is 0 Å². The molecule has 1 aliphatic rings. The standard InChI is InChI=1S/C25H19BrINO2S2/c1-16-2-4-17(5-3-16)14-28-24(29)23(32-25(28)31)13-19-8-11-22(21(26)12-19)30-15-18-6-9-20(27)10-7-18/h2-13H,14-15H2,1H3/b23-13+. The first kappa shape index (κ1) is 23.5. The van der Waals surface area contributed by atoms with Gasteiger partial charge in [-0.05, 0) is 92.5 Å². The van der Waals surface area contributed by atoms with Gasteiger partial charge in [-0.25, -0.2) is 0 Å². The SMILES string of the molecule is Cc1ccc(CN2C(=O)/C(=C\c3ccc(OCc4ccc(I)cc4)c(Br)c3)SC2=S)cc1. The van der Waals surface area contributed by atoms with E-state index in [0.717, 1.165) is 26.9 Å². The molecule has 1 saturated heterocycles. The van der Waals surface area contributed by atoms with Crippen molar-refractivity contribution < 1.29 is 9.53 Å². The lowest BCUT2D eigenvalue weighted by atomic mass is 10.1. The zero-order valence-corrected chi connectivity index (χ0v) is 22.6. The normalized spacial score (nSPS) is 15.0. The Labute approximate surface area is 219 Å². The third-order valence-corrected chi connectivity index (χ3v) is 7.61. The highest BCUT2D eigenvalue weighted by molar-refractivity contribution is 14.1. The molecule has 1 heterocycles. The van der Waals surface area contributed by atoms with Gasteiger partial charge in [0, 0.05) is 3.57 Å². The highest BCUT2D eigenvalue weighted by Gasteiger charge is 2.32. The van der Waals surface area contributed by atoms with Crippen LogP contribution in [0.4, 0.5) is 0 Å². The maximum absolute atomic E-state index is 12.9. The number of hydrogen-bond donors (Lipinski definition) is 0. The van der Waals surface area contributed by atoms with Crippen LogP contribution in [-0.2, 0) is 17.9 Å². The van der Waals surface area contributed by atoms with E-state index in [4.69, 9.17) is 17.0 Å². The molecule has 3 aromatic rings. The summed E-state index contributed by atoms with van der Waals surface area (Å²) in [5.41, 5.74) is 4.27. The highest BCUT2D eigenvalue weighted by Crippen LogP contribution is 2.35. The molecule has 32 heavy (non-hydrogen) atoms. The van der Waals surface area contributed by atoms with Crippen LogP contribution in [0.2, 0.25) is 0 Å². The minimum absolute atomic E-state index is 0.0595. The van der Waals surface area contributed by atoms with Crippen molar-refractivity contribution in [2.75, 3.05) is 0 Å². The van der Waals surface area contributed by atoms with Crippen molar-refractivity contribution in [3.8, 4) is 5.75 Å². The molecule has 0 atom stereocenters. The predicted octanol–water partition coefficient (Wildman–Crippen LogP) is 7.34. The maximum atomic E-state index is 12.9. The van der Waals surface area contributed by atoms with Crippen LogP contribution in [-0.4, -0.2) is 15.1 Å². The average molecular weight is 636 g/mol. The minimum atomic E-state index is -0.0595. The third-order valence-electron chi connectivity index (χ3n) is 4.90. The fourth-order valence-electron chi connectivity index (χ4n) is 3.13. The summed E-state index contributed by atoms with van der Waals surface area (Å²) in [4.78, 5) is 15.2. The van der Waals surface area contributed by atoms with E-state index in [2.05, 4.69) is 62.8 Å². The molecular formula is C25H19BrINO2S2. The Hall–Kier alpha value is -1.68. The molecule has 0 saturated carbocycles. The second-order valence-electron chi connectivity index (χ2n) is 7.36. The van der Waals surface area contributed by atoms with Crippen LogP contribution in [0.1, 0.15) is 22.3 Å². The molecule has 0 N–H and O–H groups in total. The number of ether oxygens (including phenoxy) is 1. The largest absolute Gasteiger partial charge is 0.488 e. The first-order chi connectivity index (χ1) is 15.4. The second kappa shape index (κ2) is 10.5. The van der Waals surface area contributed by atoms with Crippen molar-refractivity contribution in [1.29, 1.82) is 0 Å². The fraction of sp³-hybridized carbons (Fsp3) is 0.120. The lowest BCUT2D eigenvalue weighted by Crippen LogP contribution is -2.27. The summed E-state index contributed by atoms with van der Waals surface area (Å²) in [6, 6.07) is 22.2. The molecule has 1 fully saturated rings. The van der Waals surface area contributed by atoms with Gasteiger partial charge in [0.2, 0.25) is 0 Å². The number of nitrogens with zero attached hydrogens (tertiary/aromatic N) is 1. The quantitative estimate of drug-likeness (QED) is 0.161. The van der Waals surface area contributed by atoms with E-state index in [1.54, 1.807) is 4.90 Å². The van der Waals surface area contributed by atoms with E-state index in [0.29, 0.717) is 22.4 Å². The molecule has 3 nitrogen and oxygen atoms in total. The Balaban J connectivity index is 1.44. The molecule has 162 valence electrons. The van der Waals surface area contributed by atoms with Crippen LogP contribution in [0, 0.1) is 10.5 Å². The van der Waals surface area contributed by atoms with Crippen molar-refractivity contribution in [3.05, 3.63) is 102 Å². The summed E-state index contributed by atoms with van der Waals surface area (Å²) >= 11 is 12.7. The van der Waals surface area contributed by atoms with E-state index in [9.17, 15) is 4.79 Å². The van der Waals surface area contributed by atoms with Gasteiger partial charge < -0.3 is 4.74 Å². The number of aryl methyl sites for hydroxylation is 1. The molecule has 1 amide bonds. The molecule has 0 aromatic heterocycles. The molecule has 0 aliphatic carbocycles. The fourth-order valence-corrected chi connectivity index (χ4v) is 5.26. The molecule has 7 heteroatoms. The maximum Gasteiger partial charge on any atom is 0.266 e. The monoisotopic (exact) mass is 635 g/mol. The molecule has 0 radical (unpaired) electrons. The number of halogens is 2. The number of rotatable bonds is 6. The molecule has 0 unspecified atom stereocenters. The number of thiocarbonyl (C=S) groups is 1. The predicted molar refractivity (Wildman–Crippen MR) is 148 cm³/mol. The summed E-state index contributed by atoms with van der Waals surface area (Å²) in [5, 5.41) is 0. The summed E-state index contributed by atoms with van der Waals surface area (Å²) in [7, 11) is 0. The zero-order chi connectivity index (χ0) is 22.7. The van der Waals surface area contributed by atoms with Crippen molar-refractivity contribution in [1.82, 2.24) is 4.90 Å². The van der Waals surface area contributed by atoms with Crippen molar-refractivity contribution in [2.45, 2.75) is 20.1 Å². The smallest absolute Gasteiger partial charge is 0.266 e. The van der Waals surface area contributed by atoms with Gasteiger partial charge >= 0.3 is 0 Å². The van der Waals surface area contributed by atoms with Gasteiger partial charge in [0.05, 0.1) is 15.9 Å². The van der Waals surface area contributed by atoms with E-state index < -0.39 is 0 Å². The minimum Gasteiger partial charge on any atom is -0.488 e. The van der Waals surface area contributed by atoms with Crippen LogP contribution < -0.4 is 4.74 Å². The van der Waals surface area contributed by atoms with E-state index in [1.807, 2.05) is 55.5 Å². The van der Waals surface area contributed by atoms with Gasteiger partial charge in [0.25, 0.3) is 5.91 Å². The Kier molecular flexibility index (Phi) is 7.70. The summed E-state index contributed by atoms with van der Waals surface area (Å²) < 4.78 is 8.56. The number of hydrogen-bond acceptors (Lipinski definition) is 4. The number of amides is 1. The zero-order valence-electron chi connectivity index (χ0n) is 17.2. The topological polar surface area (TPSA) is 29.5 Å². The van der Waals surface area contributed by atoms with E-state index in [1.165, 1.54) is 20.9 Å². The highest BCUT2D eigenvalue weighted by atomic mass is 127. The number of thioether (sulfide) groups is 1. The van der Waals surface area contributed by atoms with Gasteiger partial charge in [-0.15, -0.1) is 0 Å². The van der Waals surface area contributed by atoms with Crippen LogP contribution in [0.15, 0.2) is 76.1 Å². The van der Waals surface area contributed by atoms with Crippen molar-refractivity contribution in [2.24, 2.45) is 0 Å². The van der Waals surface area contributed by atoms with Crippen LogP contribution in [0.5, 0.6) is 5.75 Å². The average Bonchev–Trinajstić information content (AvgIpc) is 3.03. The van der Waals surface area contributed by atoms with Gasteiger partial charge in [0.15, 0.2) is 0 Å². The molecular weight excluding hydrogens is 617 g/mol. The summed E-state index contributed by atoms with van der Waals surface area (Å²) in [5.74, 6) is 0.698. The molecule has 0 bridgehead atoms. The van der Waals surface area contributed by atoms with Crippen LogP contribution >= 0.6 is 62.5 Å². The molecule has 0 spiro atoms. The molecule has 1 aliphatic heterocycles. The first-order valence-electron chi connectivity index (χ1n) is 9.87. The lowest BCUT2D eigenvalue weighted by molar-refractivity contribution is -0.122. The first-order valence-corrected chi connectivity index (χ1v) is 13.0. The Morgan fingerprint density at radius 2 is 1.75 bits per heavy atom. The second-order valence-corrected chi connectivity index (χ2v) is 11.1. The number of carbonyl (C=O) groups is 1. The van der Waals surface area contributed by atoms with Crippen LogP contribution in [0.3, 0.4) is 0 Å². The Bertz CT molecular complexity index is 1190. The van der Waals surface area contributed by atoms with Gasteiger partial charge in [0.1, 0.15) is 16.7 Å². The molecule has 4 rings (SSSR count).